The summed E-state index contributed by atoms with van der Waals surface area (Å²) in [5, 5.41) is 5.78. The number of methoxy groups -OCH3 is 2. The van der Waals surface area contributed by atoms with Crippen molar-refractivity contribution in [2.24, 2.45) is 22.6 Å². The number of hydrogen-bond acceptors (Lipinski definition) is 5. The third-order valence-electron chi connectivity index (χ3n) is 7.25. The second kappa shape index (κ2) is 14.0. The maximum Gasteiger partial charge on any atom is 0.244 e. The first kappa shape index (κ1) is 26.8. The lowest BCUT2D eigenvalue weighted by Crippen LogP contribution is -2.43. The highest BCUT2D eigenvalue weighted by Gasteiger charge is 2.25. The molecule has 0 bridgehead atoms. The summed E-state index contributed by atoms with van der Waals surface area (Å²) in [5.74, 6) is 1.78. The molecule has 0 radical (unpaired) electrons. The molecule has 2 aliphatic rings. The Bertz CT molecular complexity index is 861. The molecule has 1 aromatic rings. The molecular weight excluding hydrogens is 444 g/mol. The van der Waals surface area contributed by atoms with E-state index in [2.05, 4.69) is 15.6 Å². The van der Waals surface area contributed by atoms with Crippen LogP contribution in [0.1, 0.15) is 76.2 Å². The molecule has 1 atom stereocenters. The number of carbonyl (C=O) groups excluding carboxylic acids is 2. The van der Waals surface area contributed by atoms with Crippen molar-refractivity contribution >= 4 is 17.8 Å². The van der Waals surface area contributed by atoms with Crippen LogP contribution in [0.4, 0.5) is 0 Å². The number of nitrogens with one attached hydrogen (secondary N) is 2. The fraction of sp³-hybridized carbons (Fsp3) is 0.667. The molecule has 2 aliphatic carbocycles. The van der Waals surface area contributed by atoms with Crippen LogP contribution < -0.4 is 25.8 Å². The van der Waals surface area contributed by atoms with Gasteiger partial charge < -0.3 is 20.5 Å². The Kier molecular flexibility index (Phi) is 10.7. The highest BCUT2D eigenvalue weighted by molar-refractivity contribution is 5.98. The van der Waals surface area contributed by atoms with Gasteiger partial charge in [-0.25, -0.2) is 4.99 Å². The Morgan fingerprint density at radius 2 is 1.60 bits per heavy atom. The van der Waals surface area contributed by atoms with Crippen molar-refractivity contribution in [3.8, 4) is 11.5 Å². The molecule has 2 saturated carbocycles. The average molecular weight is 487 g/mol. The smallest absolute Gasteiger partial charge is 0.244 e. The van der Waals surface area contributed by atoms with E-state index in [1.54, 1.807) is 32.4 Å². The molecule has 0 aromatic heterocycles. The zero-order valence-electron chi connectivity index (χ0n) is 21.3. The quantitative estimate of drug-likeness (QED) is 0.344. The molecular formula is C27H42N4O4. The predicted octanol–water partition coefficient (Wildman–Crippen LogP) is 3.71. The molecule has 4 N–H and O–H groups in total. The number of hydrogen-bond donors (Lipinski definition) is 3. The van der Waals surface area contributed by atoms with Crippen molar-refractivity contribution in [3.05, 3.63) is 23.8 Å². The maximum absolute atomic E-state index is 13.1. The van der Waals surface area contributed by atoms with Gasteiger partial charge in [-0.1, -0.05) is 57.4 Å². The number of rotatable bonds is 10. The van der Waals surface area contributed by atoms with E-state index in [0.717, 1.165) is 18.4 Å². The van der Waals surface area contributed by atoms with E-state index in [0.29, 0.717) is 36.3 Å². The number of benzene rings is 1. The Labute approximate surface area is 209 Å². The van der Waals surface area contributed by atoms with Gasteiger partial charge in [-0.15, -0.1) is 0 Å². The molecule has 8 heteroatoms. The minimum absolute atomic E-state index is 0.0101. The van der Waals surface area contributed by atoms with Crippen LogP contribution in [0, 0.1) is 11.8 Å². The molecule has 3 rings (SSSR count). The van der Waals surface area contributed by atoms with Crippen molar-refractivity contribution in [1.82, 2.24) is 10.6 Å². The van der Waals surface area contributed by atoms with E-state index in [4.69, 9.17) is 15.2 Å². The number of amides is 2. The summed E-state index contributed by atoms with van der Waals surface area (Å²) in [7, 11) is 3.12. The number of aliphatic imine (C=N–C) groups is 1. The Morgan fingerprint density at radius 3 is 2.23 bits per heavy atom. The van der Waals surface area contributed by atoms with Gasteiger partial charge in [-0.05, 0) is 48.8 Å². The molecule has 2 fully saturated rings. The van der Waals surface area contributed by atoms with Gasteiger partial charge in [0.15, 0.2) is 17.5 Å². The number of carbonyl (C=O) groups is 2. The summed E-state index contributed by atoms with van der Waals surface area (Å²) in [5.41, 5.74) is 6.87. The van der Waals surface area contributed by atoms with Gasteiger partial charge in [0.1, 0.15) is 6.04 Å². The minimum atomic E-state index is -0.580. The topological polar surface area (TPSA) is 115 Å². The number of nitrogens with two attached hydrogens (primary N) is 1. The lowest BCUT2D eigenvalue weighted by atomic mass is 9.84. The first-order valence-corrected chi connectivity index (χ1v) is 13.1. The van der Waals surface area contributed by atoms with Crippen molar-refractivity contribution in [2.75, 3.05) is 20.8 Å². The third-order valence-corrected chi connectivity index (χ3v) is 7.25. The van der Waals surface area contributed by atoms with Crippen LogP contribution in [0.15, 0.2) is 23.2 Å². The van der Waals surface area contributed by atoms with Gasteiger partial charge in [-0.2, -0.15) is 0 Å². The van der Waals surface area contributed by atoms with Gasteiger partial charge >= 0.3 is 0 Å². The molecule has 0 heterocycles. The van der Waals surface area contributed by atoms with Gasteiger partial charge in [0.2, 0.25) is 11.8 Å². The average Bonchev–Trinajstić information content (AvgIpc) is 2.87. The van der Waals surface area contributed by atoms with Gasteiger partial charge in [0, 0.05) is 6.54 Å². The van der Waals surface area contributed by atoms with Gasteiger partial charge in [0.05, 0.1) is 20.6 Å². The normalized spacial score (nSPS) is 18.5. The van der Waals surface area contributed by atoms with E-state index >= 15 is 0 Å². The standard InChI is InChI=1S/C27H42N4O4/c1-34-23-14-13-21(16-24(23)35-2)17-25(32)31-27(28)30-22(15-19-9-5-3-6-10-19)26(33)29-18-20-11-7-4-8-12-20/h13-14,16,19-20,22H,3-12,15,17-18H2,1-2H3,(H,29,33)(H3,28,30,31,32)/t22-/m0/s1. The summed E-state index contributed by atoms with van der Waals surface area (Å²) < 4.78 is 10.6. The second-order valence-corrected chi connectivity index (χ2v) is 9.93. The van der Waals surface area contributed by atoms with Crippen molar-refractivity contribution < 1.29 is 19.1 Å². The summed E-state index contributed by atoms with van der Waals surface area (Å²) in [6.45, 7) is 0.696. The predicted molar refractivity (Wildman–Crippen MR) is 138 cm³/mol. The highest BCUT2D eigenvalue weighted by Crippen LogP contribution is 2.29. The van der Waals surface area contributed by atoms with Gasteiger partial charge in [0.25, 0.3) is 0 Å². The number of nitrogens with zero attached hydrogens (tertiary/aromatic N) is 1. The van der Waals surface area contributed by atoms with Crippen molar-refractivity contribution in [2.45, 2.75) is 83.1 Å². The van der Waals surface area contributed by atoms with Gasteiger partial charge in [-0.3, -0.25) is 14.9 Å². The van der Waals surface area contributed by atoms with E-state index in [9.17, 15) is 9.59 Å². The Balaban J connectivity index is 1.60. The summed E-state index contributed by atoms with van der Waals surface area (Å²) in [4.78, 5) is 30.2. The van der Waals surface area contributed by atoms with Crippen LogP contribution in [0.3, 0.4) is 0 Å². The zero-order valence-corrected chi connectivity index (χ0v) is 21.3. The molecule has 1 aromatic carbocycles. The van der Waals surface area contributed by atoms with Crippen molar-refractivity contribution in [1.29, 1.82) is 0 Å². The highest BCUT2D eigenvalue weighted by atomic mass is 16.5. The summed E-state index contributed by atoms with van der Waals surface area (Å²) in [6.07, 6.45) is 12.8. The zero-order chi connectivity index (χ0) is 25.0. The molecule has 8 nitrogen and oxygen atoms in total. The lowest BCUT2D eigenvalue weighted by molar-refractivity contribution is -0.123. The Morgan fingerprint density at radius 1 is 0.971 bits per heavy atom. The van der Waals surface area contributed by atoms with E-state index < -0.39 is 6.04 Å². The van der Waals surface area contributed by atoms with Crippen LogP contribution in [0.5, 0.6) is 11.5 Å². The van der Waals surface area contributed by atoms with Crippen LogP contribution in [-0.4, -0.2) is 44.6 Å². The first-order chi connectivity index (χ1) is 17.0. The molecule has 35 heavy (non-hydrogen) atoms. The van der Waals surface area contributed by atoms with E-state index in [-0.39, 0.29) is 24.2 Å². The van der Waals surface area contributed by atoms with E-state index in [1.807, 2.05) is 0 Å². The molecule has 0 saturated heterocycles. The van der Waals surface area contributed by atoms with E-state index in [1.165, 1.54) is 51.4 Å². The number of guanidine groups is 1. The first-order valence-electron chi connectivity index (χ1n) is 13.1. The molecule has 2 amide bonds. The molecule has 0 unspecified atom stereocenters. The number of ether oxygens (including phenoxy) is 2. The van der Waals surface area contributed by atoms with Crippen LogP contribution >= 0.6 is 0 Å². The van der Waals surface area contributed by atoms with Crippen LogP contribution in [-0.2, 0) is 16.0 Å². The molecule has 0 aliphatic heterocycles. The summed E-state index contributed by atoms with van der Waals surface area (Å²) in [6, 6.07) is 4.74. The second-order valence-electron chi connectivity index (χ2n) is 9.93. The van der Waals surface area contributed by atoms with Crippen LogP contribution in [0.25, 0.3) is 0 Å². The van der Waals surface area contributed by atoms with Crippen LogP contribution in [0.2, 0.25) is 0 Å². The molecule has 194 valence electrons. The monoisotopic (exact) mass is 486 g/mol. The third kappa shape index (κ3) is 8.75. The lowest BCUT2D eigenvalue weighted by Gasteiger charge is -2.26. The van der Waals surface area contributed by atoms with Crippen molar-refractivity contribution in [3.63, 3.8) is 0 Å². The SMILES string of the molecule is COc1ccc(CC(=O)NC(N)=N[C@@H](CC2CCCCC2)C(=O)NCC2CCCCC2)cc1OC. The maximum atomic E-state index is 13.1. The Hall–Kier alpha value is -2.77. The fourth-order valence-corrected chi connectivity index (χ4v) is 5.27. The molecule has 0 spiro atoms. The summed E-state index contributed by atoms with van der Waals surface area (Å²) >= 11 is 0. The minimum Gasteiger partial charge on any atom is -0.493 e. The fourth-order valence-electron chi connectivity index (χ4n) is 5.27. The largest absolute Gasteiger partial charge is 0.493 e.